The van der Waals surface area contributed by atoms with E-state index in [9.17, 15) is 4.79 Å². The molecule has 2 N–H and O–H groups in total. The number of hydrogen-bond donors (Lipinski definition) is 2. The van der Waals surface area contributed by atoms with Crippen LogP contribution in [-0.2, 0) is 4.79 Å². The topological polar surface area (TPSA) is 66.0 Å². The summed E-state index contributed by atoms with van der Waals surface area (Å²) in [6, 6.07) is 8.38. The molecule has 2 rings (SSSR count). The van der Waals surface area contributed by atoms with E-state index in [0.29, 0.717) is 24.9 Å². The minimum absolute atomic E-state index is 0.0112. The number of aliphatic imine (C=N–C) groups is 1. The summed E-state index contributed by atoms with van der Waals surface area (Å²) in [5, 5.41) is 6.68. The van der Waals surface area contributed by atoms with E-state index in [1.807, 2.05) is 30.0 Å². The van der Waals surface area contributed by atoms with Crippen molar-refractivity contribution in [2.24, 2.45) is 4.99 Å². The van der Waals surface area contributed by atoms with Crippen LogP contribution in [0.2, 0.25) is 0 Å². The lowest BCUT2D eigenvalue weighted by Crippen LogP contribution is -2.42. The number of nitrogens with one attached hydrogen (secondary N) is 2. The normalized spacial score (nSPS) is 16.8. The second-order valence-electron chi connectivity index (χ2n) is 7.43. The van der Waals surface area contributed by atoms with E-state index in [0.717, 1.165) is 50.6 Å². The van der Waals surface area contributed by atoms with Crippen LogP contribution < -0.4 is 15.4 Å². The summed E-state index contributed by atoms with van der Waals surface area (Å²) in [6.45, 7) is 11.4. The molecule has 1 saturated heterocycles. The van der Waals surface area contributed by atoms with E-state index >= 15 is 0 Å². The smallest absolute Gasteiger partial charge is 0.222 e. The quantitative estimate of drug-likeness (QED) is 0.477. The van der Waals surface area contributed by atoms with Crippen molar-refractivity contribution in [2.45, 2.75) is 65.5 Å². The molecule has 1 aliphatic heterocycles. The molecule has 1 aromatic rings. The van der Waals surface area contributed by atoms with Crippen molar-refractivity contribution < 1.29 is 9.53 Å². The molecule has 2 unspecified atom stereocenters. The number of likely N-dealkylation sites (tertiary alicyclic amines) is 1. The van der Waals surface area contributed by atoms with Crippen LogP contribution in [0.15, 0.2) is 29.3 Å². The first-order chi connectivity index (χ1) is 13.5. The van der Waals surface area contributed by atoms with Crippen LogP contribution in [0.5, 0.6) is 5.75 Å². The van der Waals surface area contributed by atoms with Crippen LogP contribution >= 0.6 is 0 Å². The number of carbonyl (C=O) groups excluding carboxylic acids is 1. The first kappa shape index (κ1) is 22.1. The number of hydrogen-bond acceptors (Lipinski definition) is 3. The Kier molecular flexibility index (Phi) is 9.11. The van der Waals surface area contributed by atoms with E-state index in [4.69, 9.17) is 4.74 Å². The largest absolute Gasteiger partial charge is 0.489 e. The standard InChI is InChI=1S/C22H36N4O2/c1-5-19(26-14-8-11-21(26)27)12-13-24-22(23-6-2)25-16-18(4)28-20-10-7-9-17(3)15-20/h7,9-10,15,18-19H,5-6,8,11-14,16H2,1-4H3,(H2,23,24,25). The number of carbonyl (C=O) groups is 1. The highest BCUT2D eigenvalue weighted by Gasteiger charge is 2.26. The van der Waals surface area contributed by atoms with Crippen LogP contribution in [0.25, 0.3) is 0 Å². The Morgan fingerprint density at radius 2 is 2.14 bits per heavy atom. The summed E-state index contributed by atoms with van der Waals surface area (Å²) in [5.74, 6) is 1.97. The van der Waals surface area contributed by atoms with E-state index in [1.54, 1.807) is 0 Å². The number of rotatable bonds is 10. The minimum Gasteiger partial charge on any atom is -0.489 e. The maximum atomic E-state index is 12.0. The van der Waals surface area contributed by atoms with Gasteiger partial charge in [0, 0.05) is 32.1 Å². The Balaban J connectivity index is 1.81. The molecule has 0 saturated carbocycles. The van der Waals surface area contributed by atoms with Gasteiger partial charge in [-0.1, -0.05) is 19.1 Å². The number of nitrogens with zero attached hydrogens (tertiary/aromatic N) is 2. The number of benzene rings is 1. The van der Waals surface area contributed by atoms with Gasteiger partial charge in [0.25, 0.3) is 0 Å². The molecule has 6 heteroatoms. The maximum absolute atomic E-state index is 12.0. The van der Waals surface area contributed by atoms with Gasteiger partial charge in [-0.05, 0) is 57.7 Å². The number of guanidine groups is 1. The highest BCUT2D eigenvalue weighted by Crippen LogP contribution is 2.17. The van der Waals surface area contributed by atoms with Gasteiger partial charge in [-0.15, -0.1) is 0 Å². The Hall–Kier alpha value is -2.24. The summed E-state index contributed by atoms with van der Waals surface area (Å²) in [6.07, 6.45) is 3.60. The fourth-order valence-corrected chi connectivity index (χ4v) is 3.51. The Morgan fingerprint density at radius 1 is 1.32 bits per heavy atom. The number of ether oxygens (including phenoxy) is 1. The predicted molar refractivity (Wildman–Crippen MR) is 115 cm³/mol. The zero-order valence-electron chi connectivity index (χ0n) is 17.8. The molecule has 1 fully saturated rings. The van der Waals surface area contributed by atoms with Crippen LogP contribution in [-0.4, -0.2) is 55.1 Å². The second-order valence-corrected chi connectivity index (χ2v) is 7.43. The van der Waals surface area contributed by atoms with E-state index in [-0.39, 0.29) is 6.10 Å². The summed E-state index contributed by atoms with van der Waals surface area (Å²) in [7, 11) is 0. The first-order valence-electron chi connectivity index (χ1n) is 10.6. The molecule has 0 radical (unpaired) electrons. The van der Waals surface area contributed by atoms with E-state index in [1.165, 1.54) is 5.56 Å². The zero-order valence-corrected chi connectivity index (χ0v) is 17.8. The molecule has 1 heterocycles. The van der Waals surface area contributed by atoms with Crippen LogP contribution in [0.3, 0.4) is 0 Å². The van der Waals surface area contributed by atoms with Crippen LogP contribution in [0.1, 0.15) is 52.0 Å². The van der Waals surface area contributed by atoms with Crippen molar-refractivity contribution in [3.8, 4) is 5.75 Å². The van der Waals surface area contributed by atoms with Gasteiger partial charge in [0.1, 0.15) is 11.9 Å². The predicted octanol–water partition coefficient (Wildman–Crippen LogP) is 3.11. The zero-order chi connectivity index (χ0) is 20.4. The minimum atomic E-state index is -0.0112. The molecule has 2 atom stereocenters. The third kappa shape index (κ3) is 7.06. The van der Waals surface area contributed by atoms with E-state index in [2.05, 4.69) is 42.5 Å². The highest BCUT2D eigenvalue weighted by atomic mass is 16.5. The second kappa shape index (κ2) is 11.6. The summed E-state index contributed by atoms with van der Waals surface area (Å²) >= 11 is 0. The van der Waals surface area contributed by atoms with Crippen molar-refractivity contribution in [3.05, 3.63) is 29.8 Å². The van der Waals surface area contributed by atoms with Gasteiger partial charge in [0.15, 0.2) is 5.96 Å². The molecule has 1 aromatic carbocycles. The lowest BCUT2D eigenvalue weighted by Gasteiger charge is -2.27. The lowest BCUT2D eigenvalue weighted by molar-refractivity contribution is -0.129. The molecule has 156 valence electrons. The molecule has 0 aromatic heterocycles. The molecule has 28 heavy (non-hydrogen) atoms. The third-order valence-electron chi connectivity index (χ3n) is 4.97. The average Bonchev–Trinajstić information content (AvgIpc) is 3.09. The highest BCUT2D eigenvalue weighted by molar-refractivity contribution is 5.80. The van der Waals surface area contributed by atoms with Crippen molar-refractivity contribution >= 4 is 11.9 Å². The fourth-order valence-electron chi connectivity index (χ4n) is 3.51. The van der Waals surface area contributed by atoms with Crippen molar-refractivity contribution in [1.82, 2.24) is 15.5 Å². The SMILES string of the molecule is CCNC(=NCC(C)Oc1cccc(C)c1)NCCC(CC)N1CCCC1=O. The van der Waals surface area contributed by atoms with Gasteiger partial charge < -0.3 is 20.3 Å². The Bertz CT molecular complexity index is 647. The van der Waals surface area contributed by atoms with Crippen LogP contribution in [0, 0.1) is 6.92 Å². The molecule has 0 spiro atoms. The third-order valence-corrected chi connectivity index (χ3v) is 4.97. The molecule has 6 nitrogen and oxygen atoms in total. The van der Waals surface area contributed by atoms with Crippen molar-refractivity contribution in [2.75, 3.05) is 26.2 Å². The van der Waals surface area contributed by atoms with E-state index < -0.39 is 0 Å². The summed E-state index contributed by atoms with van der Waals surface area (Å²) < 4.78 is 5.96. The number of aryl methyl sites for hydroxylation is 1. The summed E-state index contributed by atoms with van der Waals surface area (Å²) in [4.78, 5) is 18.7. The molecule has 0 bridgehead atoms. The fraction of sp³-hybridized carbons (Fsp3) is 0.636. The Morgan fingerprint density at radius 3 is 2.79 bits per heavy atom. The van der Waals surface area contributed by atoms with Crippen LogP contribution in [0.4, 0.5) is 0 Å². The average molecular weight is 389 g/mol. The Labute approximate surface area is 169 Å². The molecule has 1 amide bonds. The van der Waals surface area contributed by atoms with Gasteiger partial charge in [-0.3, -0.25) is 4.79 Å². The van der Waals surface area contributed by atoms with Gasteiger partial charge in [0.2, 0.25) is 5.91 Å². The molecule has 1 aliphatic rings. The monoisotopic (exact) mass is 388 g/mol. The van der Waals surface area contributed by atoms with Gasteiger partial charge in [0.05, 0.1) is 6.54 Å². The lowest BCUT2D eigenvalue weighted by atomic mass is 10.1. The number of amides is 1. The van der Waals surface area contributed by atoms with Gasteiger partial charge in [-0.2, -0.15) is 0 Å². The van der Waals surface area contributed by atoms with Crippen molar-refractivity contribution in [1.29, 1.82) is 0 Å². The van der Waals surface area contributed by atoms with Gasteiger partial charge >= 0.3 is 0 Å². The van der Waals surface area contributed by atoms with Gasteiger partial charge in [-0.25, -0.2) is 4.99 Å². The first-order valence-corrected chi connectivity index (χ1v) is 10.6. The molecular formula is C22H36N4O2. The molecule has 0 aliphatic carbocycles. The van der Waals surface area contributed by atoms with Crippen molar-refractivity contribution in [3.63, 3.8) is 0 Å². The molecular weight excluding hydrogens is 352 g/mol. The summed E-state index contributed by atoms with van der Waals surface area (Å²) in [5.41, 5.74) is 1.19. The maximum Gasteiger partial charge on any atom is 0.222 e.